The molecule has 1 heterocycles. The summed E-state index contributed by atoms with van der Waals surface area (Å²) in [6.45, 7) is 12.9. The van der Waals surface area contributed by atoms with Gasteiger partial charge in [-0.1, -0.05) is 6.58 Å². The second-order valence-corrected chi connectivity index (χ2v) is 4.64. The largest absolute Gasteiger partial charge is 0.463 e. The molecule has 4 heteroatoms. The molecule has 1 saturated heterocycles. The summed E-state index contributed by atoms with van der Waals surface area (Å²) in [5.74, 6) is -0.299. The van der Waals surface area contributed by atoms with Crippen LogP contribution in [0.2, 0.25) is 0 Å². The maximum absolute atomic E-state index is 11.4. The minimum atomic E-state index is -0.299. The first kappa shape index (κ1) is 13.2. The third kappa shape index (κ3) is 3.94. The van der Waals surface area contributed by atoms with Crippen LogP contribution in [0.4, 0.5) is 0 Å². The molecule has 0 N–H and O–H groups in total. The lowest BCUT2D eigenvalue weighted by Crippen LogP contribution is -2.49. The summed E-state index contributed by atoms with van der Waals surface area (Å²) < 4.78 is 10.5. The molecule has 0 saturated carbocycles. The van der Waals surface area contributed by atoms with E-state index in [0.29, 0.717) is 25.3 Å². The van der Waals surface area contributed by atoms with Gasteiger partial charge in [-0.2, -0.15) is 0 Å². The van der Waals surface area contributed by atoms with Crippen LogP contribution in [-0.2, 0) is 14.3 Å². The van der Waals surface area contributed by atoms with Gasteiger partial charge in [0.2, 0.25) is 0 Å². The third-order valence-corrected chi connectivity index (χ3v) is 2.48. The molecule has 0 aliphatic carbocycles. The van der Waals surface area contributed by atoms with Gasteiger partial charge in [0.05, 0.1) is 18.8 Å². The molecule has 92 valence electrons. The number of carbonyl (C=O) groups is 1. The van der Waals surface area contributed by atoms with Crippen LogP contribution in [-0.4, -0.2) is 49.3 Å². The Labute approximate surface area is 97.2 Å². The van der Waals surface area contributed by atoms with Crippen LogP contribution >= 0.6 is 0 Å². The van der Waals surface area contributed by atoms with Crippen LogP contribution in [0.15, 0.2) is 12.2 Å². The highest BCUT2D eigenvalue weighted by atomic mass is 16.5. The molecule has 0 bridgehead atoms. The number of rotatable bonds is 4. The molecule has 1 aliphatic heterocycles. The van der Waals surface area contributed by atoms with Crippen LogP contribution in [0.5, 0.6) is 0 Å². The van der Waals surface area contributed by atoms with E-state index in [0.717, 1.165) is 13.1 Å². The summed E-state index contributed by atoms with van der Waals surface area (Å²) in [4.78, 5) is 13.6. The minimum Gasteiger partial charge on any atom is -0.463 e. The number of esters is 1. The van der Waals surface area contributed by atoms with E-state index in [1.165, 1.54) is 0 Å². The topological polar surface area (TPSA) is 38.8 Å². The number of hydrogen-bond acceptors (Lipinski definition) is 4. The molecule has 0 atom stereocenters. The number of nitrogens with zero attached hydrogens (tertiary/aromatic N) is 1. The fourth-order valence-electron chi connectivity index (χ4n) is 1.82. The van der Waals surface area contributed by atoms with Crippen molar-refractivity contribution < 1.29 is 14.3 Å². The lowest BCUT2D eigenvalue weighted by molar-refractivity contribution is -0.139. The lowest BCUT2D eigenvalue weighted by Gasteiger charge is -2.38. The van der Waals surface area contributed by atoms with Crippen LogP contribution < -0.4 is 0 Å². The first-order valence-corrected chi connectivity index (χ1v) is 5.66. The van der Waals surface area contributed by atoms with E-state index in [1.54, 1.807) is 6.92 Å². The number of carbonyl (C=O) groups excluding carboxylic acids is 1. The molecule has 0 spiro atoms. The molecule has 0 unspecified atom stereocenters. The Morgan fingerprint density at radius 1 is 1.56 bits per heavy atom. The van der Waals surface area contributed by atoms with Crippen LogP contribution in [0.25, 0.3) is 0 Å². The SMILES string of the molecule is C=C(CN1CCOC(C)(C)C1)C(=O)OCC. The molecular weight excluding hydrogens is 206 g/mol. The second-order valence-electron chi connectivity index (χ2n) is 4.64. The third-order valence-electron chi connectivity index (χ3n) is 2.48. The predicted octanol–water partition coefficient (Wildman–Crippen LogP) is 1.22. The van der Waals surface area contributed by atoms with E-state index in [2.05, 4.69) is 11.5 Å². The van der Waals surface area contributed by atoms with Crippen LogP contribution in [0, 0.1) is 0 Å². The van der Waals surface area contributed by atoms with Gasteiger partial charge in [-0.05, 0) is 20.8 Å². The van der Waals surface area contributed by atoms with Crippen molar-refractivity contribution in [2.24, 2.45) is 0 Å². The maximum Gasteiger partial charge on any atom is 0.334 e. The highest BCUT2D eigenvalue weighted by Gasteiger charge is 2.28. The summed E-state index contributed by atoms with van der Waals surface area (Å²) in [6, 6.07) is 0. The molecule has 1 rings (SSSR count). The average Bonchev–Trinajstić information content (AvgIpc) is 2.16. The number of ether oxygens (including phenoxy) is 2. The predicted molar refractivity (Wildman–Crippen MR) is 62.2 cm³/mol. The van der Waals surface area contributed by atoms with E-state index in [9.17, 15) is 4.79 Å². The normalized spacial score (nSPS) is 20.4. The van der Waals surface area contributed by atoms with Gasteiger partial charge in [0.1, 0.15) is 0 Å². The summed E-state index contributed by atoms with van der Waals surface area (Å²) in [5, 5.41) is 0. The monoisotopic (exact) mass is 227 g/mol. The summed E-state index contributed by atoms with van der Waals surface area (Å²) in [6.07, 6.45) is 0. The molecule has 16 heavy (non-hydrogen) atoms. The molecule has 1 fully saturated rings. The van der Waals surface area contributed by atoms with Gasteiger partial charge in [0.25, 0.3) is 0 Å². The first-order chi connectivity index (χ1) is 7.44. The van der Waals surface area contributed by atoms with Gasteiger partial charge in [-0.3, -0.25) is 4.90 Å². The smallest absolute Gasteiger partial charge is 0.334 e. The quantitative estimate of drug-likeness (QED) is 0.534. The van der Waals surface area contributed by atoms with Gasteiger partial charge < -0.3 is 9.47 Å². The fourth-order valence-corrected chi connectivity index (χ4v) is 1.82. The lowest BCUT2D eigenvalue weighted by atomic mass is 10.1. The standard InChI is InChI=1S/C12H21NO3/c1-5-15-11(14)10(2)8-13-6-7-16-12(3,4)9-13/h2,5-9H2,1,3-4H3. The van der Waals surface area contributed by atoms with Crippen molar-refractivity contribution in [3.63, 3.8) is 0 Å². The second kappa shape index (κ2) is 5.46. The highest BCUT2D eigenvalue weighted by Crippen LogP contribution is 2.17. The number of hydrogen-bond donors (Lipinski definition) is 0. The van der Waals surface area contributed by atoms with Gasteiger partial charge >= 0.3 is 5.97 Å². The average molecular weight is 227 g/mol. The molecular formula is C12H21NO3. The van der Waals surface area contributed by atoms with Crippen molar-refractivity contribution in [3.05, 3.63) is 12.2 Å². The van der Waals surface area contributed by atoms with Crippen molar-refractivity contribution in [2.45, 2.75) is 26.4 Å². The Balaban J connectivity index is 2.42. The Morgan fingerprint density at radius 3 is 2.81 bits per heavy atom. The van der Waals surface area contributed by atoms with E-state index in [-0.39, 0.29) is 11.6 Å². The zero-order valence-corrected chi connectivity index (χ0v) is 10.4. The zero-order chi connectivity index (χ0) is 12.2. The minimum absolute atomic E-state index is 0.146. The Bertz CT molecular complexity index is 273. The fraction of sp³-hybridized carbons (Fsp3) is 0.750. The Hall–Kier alpha value is -0.870. The highest BCUT2D eigenvalue weighted by molar-refractivity contribution is 5.88. The van der Waals surface area contributed by atoms with Crippen molar-refractivity contribution in [2.75, 3.05) is 32.8 Å². The van der Waals surface area contributed by atoms with Gasteiger partial charge in [-0.25, -0.2) is 4.79 Å². The molecule has 1 aliphatic rings. The first-order valence-electron chi connectivity index (χ1n) is 5.66. The van der Waals surface area contributed by atoms with Crippen molar-refractivity contribution in [1.29, 1.82) is 0 Å². The van der Waals surface area contributed by atoms with Gasteiger partial charge in [0, 0.05) is 25.2 Å². The van der Waals surface area contributed by atoms with Crippen molar-refractivity contribution in [1.82, 2.24) is 4.90 Å². The maximum atomic E-state index is 11.4. The summed E-state index contributed by atoms with van der Waals surface area (Å²) in [5.41, 5.74) is 0.368. The molecule has 0 aromatic rings. The van der Waals surface area contributed by atoms with Crippen molar-refractivity contribution in [3.8, 4) is 0 Å². The van der Waals surface area contributed by atoms with Gasteiger partial charge in [-0.15, -0.1) is 0 Å². The van der Waals surface area contributed by atoms with Gasteiger partial charge in [0.15, 0.2) is 0 Å². The van der Waals surface area contributed by atoms with Crippen LogP contribution in [0.1, 0.15) is 20.8 Å². The van der Waals surface area contributed by atoms with E-state index < -0.39 is 0 Å². The summed E-state index contributed by atoms with van der Waals surface area (Å²) in [7, 11) is 0. The van der Waals surface area contributed by atoms with E-state index in [1.807, 2.05) is 13.8 Å². The molecule has 0 amide bonds. The summed E-state index contributed by atoms with van der Waals surface area (Å²) >= 11 is 0. The Morgan fingerprint density at radius 2 is 2.25 bits per heavy atom. The van der Waals surface area contributed by atoms with Crippen LogP contribution in [0.3, 0.4) is 0 Å². The molecule has 0 radical (unpaired) electrons. The Kier molecular flexibility index (Phi) is 4.50. The van der Waals surface area contributed by atoms with Crippen molar-refractivity contribution >= 4 is 5.97 Å². The van der Waals surface area contributed by atoms with E-state index in [4.69, 9.17) is 9.47 Å². The zero-order valence-electron chi connectivity index (χ0n) is 10.4. The number of morpholine rings is 1. The molecule has 0 aromatic heterocycles. The van der Waals surface area contributed by atoms with E-state index >= 15 is 0 Å². The molecule has 0 aromatic carbocycles. The molecule has 4 nitrogen and oxygen atoms in total.